The van der Waals surface area contributed by atoms with E-state index in [1.165, 1.54) is 0 Å². The van der Waals surface area contributed by atoms with Gasteiger partial charge in [0.15, 0.2) is 0 Å². The summed E-state index contributed by atoms with van der Waals surface area (Å²) in [7, 11) is 0. The first-order valence-corrected chi connectivity index (χ1v) is 7.53. The molecule has 4 nitrogen and oxygen atoms in total. The third-order valence-corrected chi connectivity index (χ3v) is 3.99. The molecule has 1 aliphatic rings. The van der Waals surface area contributed by atoms with Gasteiger partial charge in [-0.25, -0.2) is 4.98 Å². The van der Waals surface area contributed by atoms with E-state index in [-0.39, 0.29) is 12.7 Å². The minimum atomic E-state index is 0.184. The molecular formula is C15H19ClN2O2. The zero-order chi connectivity index (χ0) is 13.9. The molecule has 108 valence electrons. The number of benzene rings is 1. The van der Waals surface area contributed by atoms with Crippen LogP contribution in [0.3, 0.4) is 0 Å². The quantitative estimate of drug-likeness (QED) is 0.922. The number of aliphatic hydroxyl groups excluding tert-OH is 1. The summed E-state index contributed by atoms with van der Waals surface area (Å²) in [5.41, 5.74) is 2.02. The zero-order valence-electron chi connectivity index (χ0n) is 11.4. The van der Waals surface area contributed by atoms with Gasteiger partial charge in [-0.3, -0.25) is 0 Å². The van der Waals surface area contributed by atoms with E-state index in [0.717, 1.165) is 60.7 Å². The molecule has 0 spiro atoms. The van der Waals surface area contributed by atoms with E-state index < -0.39 is 0 Å². The van der Waals surface area contributed by atoms with E-state index >= 15 is 0 Å². The number of imidazole rings is 1. The largest absolute Gasteiger partial charge is 0.396 e. The molecule has 2 aromatic rings. The van der Waals surface area contributed by atoms with Crippen molar-refractivity contribution < 1.29 is 9.84 Å². The Labute approximate surface area is 123 Å². The first-order valence-electron chi connectivity index (χ1n) is 7.15. The lowest BCUT2D eigenvalue weighted by Crippen LogP contribution is -2.17. The van der Waals surface area contributed by atoms with Crippen molar-refractivity contribution >= 4 is 22.6 Å². The highest BCUT2D eigenvalue weighted by Crippen LogP contribution is 2.24. The van der Waals surface area contributed by atoms with Crippen molar-refractivity contribution in [2.45, 2.75) is 38.3 Å². The molecule has 1 aliphatic heterocycles. The van der Waals surface area contributed by atoms with Crippen LogP contribution in [-0.2, 0) is 17.7 Å². The van der Waals surface area contributed by atoms with Crippen LogP contribution >= 0.6 is 11.6 Å². The van der Waals surface area contributed by atoms with Gasteiger partial charge in [0, 0.05) is 24.7 Å². The lowest BCUT2D eigenvalue weighted by Gasteiger charge is -2.14. The highest BCUT2D eigenvalue weighted by atomic mass is 35.5. The Hall–Kier alpha value is -1.10. The maximum Gasteiger partial charge on any atom is 0.110 e. The second kappa shape index (κ2) is 6.12. The normalized spacial score (nSPS) is 19.0. The summed E-state index contributed by atoms with van der Waals surface area (Å²) < 4.78 is 7.94. The molecule has 0 amide bonds. The highest BCUT2D eigenvalue weighted by molar-refractivity contribution is 6.31. The Morgan fingerprint density at radius 2 is 2.35 bits per heavy atom. The van der Waals surface area contributed by atoms with Crippen molar-refractivity contribution in [2.75, 3.05) is 13.2 Å². The lowest BCUT2D eigenvalue weighted by molar-refractivity contribution is 0.0971. The predicted octanol–water partition coefficient (Wildman–Crippen LogP) is 2.79. The van der Waals surface area contributed by atoms with Crippen molar-refractivity contribution in [3.05, 3.63) is 29.0 Å². The maximum atomic E-state index is 9.04. The van der Waals surface area contributed by atoms with Gasteiger partial charge in [-0.15, -0.1) is 0 Å². The van der Waals surface area contributed by atoms with E-state index in [4.69, 9.17) is 21.4 Å². The Morgan fingerprint density at radius 3 is 3.10 bits per heavy atom. The molecule has 1 fully saturated rings. The molecule has 0 aliphatic carbocycles. The third kappa shape index (κ3) is 2.82. The number of aliphatic hydroxyl groups is 1. The maximum absolute atomic E-state index is 9.04. The molecule has 3 rings (SSSR count). The van der Waals surface area contributed by atoms with Gasteiger partial charge in [0.05, 0.1) is 23.7 Å². The van der Waals surface area contributed by atoms with Crippen molar-refractivity contribution in [2.24, 2.45) is 0 Å². The highest BCUT2D eigenvalue weighted by Gasteiger charge is 2.19. The smallest absolute Gasteiger partial charge is 0.110 e. The van der Waals surface area contributed by atoms with Gasteiger partial charge in [0.2, 0.25) is 0 Å². The lowest BCUT2D eigenvalue weighted by atomic mass is 10.2. The standard InChI is InChI=1S/C15H19ClN2O2/c16-11-5-6-13-14(9-11)18(10-12-3-2-8-20-12)15(17-13)4-1-7-19/h5-6,9,12,19H,1-4,7-8,10H2. The average Bonchev–Trinajstić information content (AvgIpc) is 3.06. The molecule has 20 heavy (non-hydrogen) atoms. The Kier molecular flexibility index (Phi) is 4.24. The van der Waals surface area contributed by atoms with Crippen molar-refractivity contribution in [1.82, 2.24) is 9.55 Å². The van der Waals surface area contributed by atoms with E-state index in [1.54, 1.807) is 0 Å². The fourth-order valence-corrected chi connectivity index (χ4v) is 2.94. The van der Waals surface area contributed by atoms with Crippen molar-refractivity contribution in [1.29, 1.82) is 0 Å². The van der Waals surface area contributed by atoms with E-state index in [1.807, 2.05) is 18.2 Å². The first-order chi connectivity index (χ1) is 9.78. The molecule has 1 N–H and O–H groups in total. The molecule has 0 saturated carbocycles. The molecule has 1 saturated heterocycles. The average molecular weight is 295 g/mol. The monoisotopic (exact) mass is 294 g/mol. The third-order valence-electron chi connectivity index (χ3n) is 3.76. The Morgan fingerprint density at radius 1 is 1.45 bits per heavy atom. The summed E-state index contributed by atoms with van der Waals surface area (Å²) in [6.07, 6.45) is 3.99. The summed E-state index contributed by atoms with van der Waals surface area (Å²) in [6, 6.07) is 5.77. The van der Waals surface area contributed by atoms with Gasteiger partial charge < -0.3 is 14.4 Å². The molecule has 1 aromatic carbocycles. The Balaban J connectivity index is 1.96. The van der Waals surface area contributed by atoms with Crippen LogP contribution in [-0.4, -0.2) is 34.0 Å². The summed E-state index contributed by atoms with van der Waals surface area (Å²) in [4.78, 5) is 4.67. The number of aromatic nitrogens is 2. The molecule has 1 atom stereocenters. The van der Waals surface area contributed by atoms with Crippen molar-refractivity contribution in [3.8, 4) is 0 Å². The molecule has 2 heterocycles. The van der Waals surface area contributed by atoms with Crippen LogP contribution in [0.1, 0.15) is 25.1 Å². The number of aryl methyl sites for hydroxylation is 1. The molecule has 0 bridgehead atoms. The van der Waals surface area contributed by atoms with Gasteiger partial charge in [-0.05, 0) is 37.5 Å². The van der Waals surface area contributed by atoms with Crippen LogP contribution in [0, 0.1) is 0 Å². The fraction of sp³-hybridized carbons (Fsp3) is 0.533. The van der Waals surface area contributed by atoms with Crippen LogP contribution in [0.5, 0.6) is 0 Å². The van der Waals surface area contributed by atoms with Crippen LogP contribution < -0.4 is 0 Å². The number of ether oxygens (including phenoxy) is 1. The van der Waals surface area contributed by atoms with E-state index in [0.29, 0.717) is 0 Å². The predicted molar refractivity (Wildman–Crippen MR) is 79.1 cm³/mol. The number of hydrogen-bond acceptors (Lipinski definition) is 3. The van der Waals surface area contributed by atoms with Crippen LogP contribution in [0.4, 0.5) is 0 Å². The molecule has 1 aromatic heterocycles. The van der Waals surface area contributed by atoms with Gasteiger partial charge >= 0.3 is 0 Å². The molecule has 1 unspecified atom stereocenters. The summed E-state index contributed by atoms with van der Waals surface area (Å²) in [6.45, 7) is 1.85. The van der Waals surface area contributed by atoms with Gasteiger partial charge in [0.1, 0.15) is 5.82 Å². The fourth-order valence-electron chi connectivity index (χ4n) is 2.77. The minimum absolute atomic E-state index is 0.184. The number of rotatable bonds is 5. The van der Waals surface area contributed by atoms with E-state index in [9.17, 15) is 0 Å². The second-order valence-electron chi connectivity index (χ2n) is 5.23. The minimum Gasteiger partial charge on any atom is -0.396 e. The SMILES string of the molecule is OCCCc1nc2ccc(Cl)cc2n1CC1CCCO1. The summed E-state index contributed by atoms with van der Waals surface area (Å²) in [5, 5.41) is 9.76. The molecule has 5 heteroatoms. The Bertz CT molecular complexity index is 591. The van der Waals surface area contributed by atoms with Crippen LogP contribution in [0.2, 0.25) is 5.02 Å². The van der Waals surface area contributed by atoms with Crippen LogP contribution in [0.25, 0.3) is 11.0 Å². The van der Waals surface area contributed by atoms with E-state index in [2.05, 4.69) is 9.55 Å². The summed E-state index contributed by atoms with van der Waals surface area (Å²) >= 11 is 6.11. The topological polar surface area (TPSA) is 47.3 Å². The number of fused-ring (bicyclic) bond motifs is 1. The van der Waals surface area contributed by atoms with Gasteiger partial charge in [0.25, 0.3) is 0 Å². The molecular weight excluding hydrogens is 276 g/mol. The van der Waals surface area contributed by atoms with Crippen LogP contribution in [0.15, 0.2) is 18.2 Å². The van der Waals surface area contributed by atoms with Gasteiger partial charge in [-0.1, -0.05) is 11.6 Å². The number of nitrogens with zero attached hydrogens (tertiary/aromatic N) is 2. The van der Waals surface area contributed by atoms with Crippen molar-refractivity contribution in [3.63, 3.8) is 0 Å². The first kappa shape index (κ1) is 13.9. The molecule has 0 radical (unpaired) electrons. The summed E-state index contributed by atoms with van der Waals surface area (Å²) in [5.74, 6) is 1.01. The zero-order valence-corrected chi connectivity index (χ0v) is 12.1. The number of hydrogen-bond donors (Lipinski definition) is 1. The van der Waals surface area contributed by atoms with Gasteiger partial charge in [-0.2, -0.15) is 0 Å². The second-order valence-corrected chi connectivity index (χ2v) is 5.67. The number of halogens is 1.